The molecule has 0 radical (unpaired) electrons. The summed E-state index contributed by atoms with van der Waals surface area (Å²) in [6.07, 6.45) is 2.60. The molecule has 0 aromatic heterocycles. The molecule has 1 fully saturated rings. The van der Waals surface area contributed by atoms with Gasteiger partial charge in [-0.15, -0.1) is 0 Å². The lowest BCUT2D eigenvalue weighted by molar-refractivity contribution is -0.137. The molecule has 0 N–H and O–H groups in total. The van der Waals surface area contributed by atoms with Crippen LogP contribution in [0.5, 0.6) is 0 Å². The number of piperidine rings is 1. The summed E-state index contributed by atoms with van der Waals surface area (Å²) in [4.78, 5) is 30.1. The molecule has 2 amide bonds. The first-order valence-electron chi connectivity index (χ1n) is 10.3. The Labute approximate surface area is 180 Å². The van der Waals surface area contributed by atoms with Crippen molar-refractivity contribution in [1.29, 1.82) is 0 Å². The molecule has 1 saturated heterocycles. The van der Waals surface area contributed by atoms with Crippen LogP contribution in [0.2, 0.25) is 5.02 Å². The molecule has 4 rings (SSSR count). The van der Waals surface area contributed by atoms with Gasteiger partial charge in [-0.05, 0) is 60.6 Å². The number of likely N-dealkylation sites (tertiary alicyclic amines) is 1. The van der Waals surface area contributed by atoms with Crippen LogP contribution in [0.15, 0.2) is 54.2 Å². The Kier molecular flexibility index (Phi) is 5.91. The van der Waals surface area contributed by atoms with E-state index in [1.165, 1.54) is 17.0 Å². The number of benzene rings is 2. The van der Waals surface area contributed by atoms with Gasteiger partial charge in [-0.1, -0.05) is 42.8 Å². The largest absolute Gasteiger partial charge is 0.366 e. The summed E-state index contributed by atoms with van der Waals surface area (Å²) in [5.41, 5.74) is 2.53. The first kappa shape index (κ1) is 20.6. The zero-order chi connectivity index (χ0) is 21.3. The second kappa shape index (κ2) is 8.60. The number of imide groups is 1. The molecular formula is C24H24ClFN2O2. The van der Waals surface area contributed by atoms with Crippen LogP contribution in [-0.2, 0) is 16.0 Å². The number of hydrogen-bond acceptors (Lipinski definition) is 3. The monoisotopic (exact) mass is 426 g/mol. The van der Waals surface area contributed by atoms with Crippen molar-refractivity contribution in [3.8, 4) is 0 Å². The lowest BCUT2D eigenvalue weighted by Gasteiger charge is -2.33. The third-order valence-electron chi connectivity index (χ3n) is 5.79. The minimum Gasteiger partial charge on any atom is -0.366 e. The van der Waals surface area contributed by atoms with Crippen LogP contribution in [-0.4, -0.2) is 41.2 Å². The van der Waals surface area contributed by atoms with E-state index in [0.717, 1.165) is 31.5 Å². The van der Waals surface area contributed by atoms with E-state index in [-0.39, 0.29) is 24.2 Å². The highest BCUT2D eigenvalue weighted by atomic mass is 35.5. The molecule has 2 aliphatic heterocycles. The highest BCUT2D eigenvalue weighted by molar-refractivity contribution is 6.36. The van der Waals surface area contributed by atoms with Gasteiger partial charge in [-0.3, -0.25) is 14.5 Å². The first-order valence-corrected chi connectivity index (χ1v) is 10.7. The van der Waals surface area contributed by atoms with E-state index >= 15 is 0 Å². The summed E-state index contributed by atoms with van der Waals surface area (Å²) in [7, 11) is 0. The lowest BCUT2D eigenvalue weighted by atomic mass is 9.98. The zero-order valence-corrected chi connectivity index (χ0v) is 17.7. The maximum absolute atomic E-state index is 13.4. The van der Waals surface area contributed by atoms with E-state index in [1.54, 1.807) is 36.4 Å². The van der Waals surface area contributed by atoms with E-state index in [4.69, 9.17) is 11.6 Å². The molecular weight excluding hydrogens is 403 g/mol. The van der Waals surface area contributed by atoms with Gasteiger partial charge in [0.25, 0.3) is 11.8 Å². The van der Waals surface area contributed by atoms with Crippen LogP contribution in [0.4, 0.5) is 4.39 Å². The third-order valence-corrected chi connectivity index (χ3v) is 6.04. The summed E-state index contributed by atoms with van der Waals surface area (Å²) in [6, 6.07) is 13.2. The normalized spacial score (nSPS) is 19.8. The molecule has 0 bridgehead atoms. The standard InChI is InChI=1S/C24H24ClFN2O2/c1-16-3-2-13-27(15-16)22-21(18-6-8-19(25)9-7-18)23(29)28(24(22)30)14-12-17-4-10-20(26)11-5-17/h4-11,16H,2-3,12-15H2,1H3. The number of halogens is 2. The minimum absolute atomic E-state index is 0.249. The lowest BCUT2D eigenvalue weighted by Crippen LogP contribution is -2.39. The fourth-order valence-corrected chi connectivity index (χ4v) is 4.35. The number of carbonyl (C=O) groups is 2. The molecule has 2 aromatic carbocycles. The Bertz CT molecular complexity index is 985. The van der Waals surface area contributed by atoms with E-state index < -0.39 is 0 Å². The maximum atomic E-state index is 13.4. The molecule has 0 spiro atoms. The molecule has 0 aliphatic carbocycles. The van der Waals surface area contributed by atoms with Crippen molar-refractivity contribution in [2.45, 2.75) is 26.2 Å². The number of nitrogens with zero attached hydrogens (tertiary/aromatic N) is 2. The number of hydrogen-bond donors (Lipinski definition) is 0. The van der Waals surface area contributed by atoms with Gasteiger partial charge in [0.2, 0.25) is 0 Å². The van der Waals surface area contributed by atoms with Crippen LogP contribution in [0.3, 0.4) is 0 Å². The van der Waals surface area contributed by atoms with Crippen molar-refractivity contribution in [2.75, 3.05) is 19.6 Å². The first-order chi connectivity index (χ1) is 14.4. The topological polar surface area (TPSA) is 40.6 Å². The average molecular weight is 427 g/mol. The van der Waals surface area contributed by atoms with Crippen LogP contribution in [0.25, 0.3) is 5.57 Å². The van der Waals surface area contributed by atoms with E-state index in [9.17, 15) is 14.0 Å². The van der Waals surface area contributed by atoms with E-state index in [2.05, 4.69) is 11.8 Å². The van der Waals surface area contributed by atoms with Crippen molar-refractivity contribution >= 4 is 29.0 Å². The van der Waals surface area contributed by atoms with Gasteiger partial charge in [0, 0.05) is 24.7 Å². The summed E-state index contributed by atoms with van der Waals surface area (Å²) in [6.45, 7) is 3.95. The quantitative estimate of drug-likeness (QED) is 0.659. The molecule has 2 aromatic rings. The number of carbonyl (C=O) groups excluding carboxylic acids is 2. The highest BCUT2D eigenvalue weighted by Crippen LogP contribution is 2.34. The van der Waals surface area contributed by atoms with Crippen molar-refractivity contribution in [1.82, 2.24) is 9.80 Å². The van der Waals surface area contributed by atoms with Gasteiger partial charge in [0.15, 0.2) is 0 Å². The second-order valence-corrected chi connectivity index (χ2v) is 8.50. The summed E-state index contributed by atoms with van der Waals surface area (Å²) >= 11 is 6.03. The Balaban J connectivity index is 1.64. The van der Waals surface area contributed by atoms with E-state index in [0.29, 0.717) is 34.2 Å². The Hall–Kier alpha value is -2.66. The van der Waals surface area contributed by atoms with Crippen LogP contribution < -0.4 is 0 Å². The van der Waals surface area contributed by atoms with Gasteiger partial charge in [-0.25, -0.2) is 4.39 Å². The van der Waals surface area contributed by atoms with Gasteiger partial charge in [-0.2, -0.15) is 0 Å². The fourth-order valence-electron chi connectivity index (χ4n) is 4.22. The van der Waals surface area contributed by atoms with Gasteiger partial charge in [0.05, 0.1) is 5.57 Å². The predicted molar refractivity (Wildman–Crippen MR) is 115 cm³/mol. The van der Waals surface area contributed by atoms with Gasteiger partial charge in [0.1, 0.15) is 11.5 Å². The maximum Gasteiger partial charge on any atom is 0.277 e. The minimum atomic E-state index is -0.305. The molecule has 30 heavy (non-hydrogen) atoms. The average Bonchev–Trinajstić information content (AvgIpc) is 2.98. The Morgan fingerprint density at radius 3 is 2.40 bits per heavy atom. The SMILES string of the molecule is CC1CCCN(C2=C(c3ccc(Cl)cc3)C(=O)N(CCc3ccc(F)cc3)C2=O)C1. The molecule has 2 heterocycles. The smallest absolute Gasteiger partial charge is 0.277 e. The van der Waals surface area contributed by atoms with Gasteiger partial charge < -0.3 is 4.90 Å². The second-order valence-electron chi connectivity index (χ2n) is 8.06. The van der Waals surface area contributed by atoms with E-state index in [1.807, 2.05) is 0 Å². The number of rotatable bonds is 5. The fraction of sp³-hybridized carbons (Fsp3) is 0.333. The zero-order valence-electron chi connectivity index (χ0n) is 16.9. The molecule has 4 nitrogen and oxygen atoms in total. The summed E-state index contributed by atoms with van der Waals surface area (Å²) in [5.74, 6) is -0.368. The predicted octanol–water partition coefficient (Wildman–Crippen LogP) is 4.53. The van der Waals surface area contributed by atoms with Gasteiger partial charge >= 0.3 is 0 Å². The van der Waals surface area contributed by atoms with Crippen LogP contribution in [0, 0.1) is 11.7 Å². The highest BCUT2D eigenvalue weighted by Gasteiger charge is 2.41. The molecule has 1 atom stereocenters. The molecule has 6 heteroatoms. The molecule has 1 unspecified atom stereocenters. The van der Waals surface area contributed by atoms with Crippen molar-refractivity contribution in [2.24, 2.45) is 5.92 Å². The Morgan fingerprint density at radius 1 is 1.03 bits per heavy atom. The molecule has 0 saturated carbocycles. The Morgan fingerprint density at radius 2 is 1.73 bits per heavy atom. The number of amides is 2. The summed E-state index contributed by atoms with van der Waals surface area (Å²) < 4.78 is 13.2. The third kappa shape index (κ3) is 4.12. The van der Waals surface area contributed by atoms with Crippen molar-refractivity contribution in [3.05, 3.63) is 76.2 Å². The van der Waals surface area contributed by atoms with Crippen LogP contribution in [0.1, 0.15) is 30.9 Å². The molecule has 2 aliphatic rings. The van der Waals surface area contributed by atoms with Crippen LogP contribution >= 0.6 is 11.6 Å². The van der Waals surface area contributed by atoms with Crippen molar-refractivity contribution in [3.63, 3.8) is 0 Å². The summed E-state index contributed by atoms with van der Waals surface area (Å²) in [5, 5.41) is 0.581. The van der Waals surface area contributed by atoms with Crippen molar-refractivity contribution < 1.29 is 14.0 Å². The molecule has 156 valence electrons.